The second-order valence-electron chi connectivity index (χ2n) is 4.44. The van der Waals surface area contributed by atoms with Crippen LogP contribution in [0.5, 0.6) is 0 Å². The van der Waals surface area contributed by atoms with Gasteiger partial charge in [0.05, 0.1) is 18.3 Å². The quantitative estimate of drug-likeness (QED) is 0.550. The Morgan fingerprint density at radius 3 is 2.60 bits per heavy atom. The fourth-order valence-electron chi connectivity index (χ4n) is 2.72. The maximum absolute atomic E-state index is 11.3. The number of hydrogen-bond acceptors (Lipinski definition) is 4. The standard InChI is InChI=1S/C9H15NO4S/c11-9(12)8-2-1-4-10(8)7-3-5-15(13,14)6-7/h7-8H,1-6H2,(H,11,12)/t7-,8+/m1/s1. The van der Waals surface area contributed by atoms with Crippen LogP contribution in [-0.2, 0) is 14.6 Å². The molecule has 0 saturated carbocycles. The molecule has 1 N–H and O–H groups in total. The van der Waals surface area contributed by atoms with Gasteiger partial charge >= 0.3 is 0 Å². The minimum Gasteiger partial charge on any atom is -0.544 e. The van der Waals surface area contributed by atoms with Crippen molar-refractivity contribution in [3.63, 3.8) is 0 Å². The summed E-state index contributed by atoms with van der Waals surface area (Å²) in [5.41, 5.74) is 0. The highest BCUT2D eigenvalue weighted by Gasteiger charge is 2.41. The smallest absolute Gasteiger partial charge is 0.156 e. The van der Waals surface area contributed by atoms with Gasteiger partial charge in [-0.05, 0) is 0 Å². The van der Waals surface area contributed by atoms with Crippen LogP contribution in [0.2, 0.25) is 0 Å². The summed E-state index contributed by atoms with van der Waals surface area (Å²) in [6.45, 7) is 0.763. The van der Waals surface area contributed by atoms with Gasteiger partial charge in [0.25, 0.3) is 0 Å². The van der Waals surface area contributed by atoms with Crippen molar-refractivity contribution in [1.29, 1.82) is 0 Å². The number of carbonyl (C=O) groups is 1. The molecule has 0 aliphatic carbocycles. The van der Waals surface area contributed by atoms with E-state index in [1.165, 1.54) is 0 Å². The number of likely N-dealkylation sites (tertiary alicyclic amines) is 1. The number of carboxylic acid groups (broad SMARTS) is 1. The summed E-state index contributed by atoms with van der Waals surface area (Å²) in [7, 11) is -2.92. The van der Waals surface area contributed by atoms with Crippen molar-refractivity contribution in [2.24, 2.45) is 0 Å². The lowest BCUT2D eigenvalue weighted by Crippen LogP contribution is -3.19. The molecule has 2 heterocycles. The fourth-order valence-corrected chi connectivity index (χ4v) is 4.52. The summed E-state index contributed by atoms with van der Waals surface area (Å²) in [4.78, 5) is 11.8. The topological polar surface area (TPSA) is 78.7 Å². The van der Waals surface area contributed by atoms with Gasteiger partial charge in [0.1, 0.15) is 17.8 Å². The third-order valence-corrected chi connectivity index (χ3v) is 5.22. The highest BCUT2D eigenvalue weighted by Crippen LogP contribution is 2.12. The van der Waals surface area contributed by atoms with Gasteiger partial charge in [-0.1, -0.05) is 0 Å². The highest BCUT2D eigenvalue weighted by atomic mass is 32.2. The molecular weight excluding hydrogens is 218 g/mol. The van der Waals surface area contributed by atoms with Crippen LogP contribution in [0.15, 0.2) is 0 Å². The minimum atomic E-state index is -2.92. The average molecular weight is 233 g/mol. The molecule has 2 saturated heterocycles. The number of quaternary nitrogens is 1. The zero-order chi connectivity index (χ0) is 11.1. The van der Waals surface area contributed by atoms with Crippen molar-refractivity contribution < 1.29 is 23.2 Å². The molecule has 0 radical (unpaired) electrons. The Morgan fingerprint density at radius 1 is 1.33 bits per heavy atom. The third-order valence-electron chi connectivity index (χ3n) is 3.45. The molecule has 5 nitrogen and oxygen atoms in total. The fraction of sp³-hybridized carbons (Fsp3) is 0.889. The molecule has 0 bridgehead atoms. The third kappa shape index (κ3) is 2.15. The van der Waals surface area contributed by atoms with Gasteiger partial charge in [-0.15, -0.1) is 0 Å². The number of carbonyl (C=O) groups excluding carboxylic acids is 1. The van der Waals surface area contributed by atoms with E-state index in [1.807, 2.05) is 0 Å². The molecule has 6 heteroatoms. The lowest BCUT2D eigenvalue weighted by molar-refractivity contribution is -0.927. The monoisotopic (exact) mass is 233 g/mol. The number of nitrogens with one attached hydrogen (secondary N) is 1. The first-order valence-corrected chi connectivity index (χ1v) is 7.08. The normalized spacial score (nSPS) is 39.3. The number of hydrogen-bond donors (Lipinski definition) is 1. The van der Waals surface area contributed by atoms with Crippen LogP contribution in [0.25, 0.3) is 0 Å². The summed E-state index contributed by atoms with van der Waals surface area (Å²) in [5.74, 6) is -0.681. The van der Waals surface area contributed by atoms with E-state index >= 15 is 0 Å². The van der Waals surface area contributed by atoms with E-state index in [1.54, 1.807) is 0 Å². The van der Waals surface area contributed by atoms with Crippen LogP contribution in [-0.4, -0.2) is 44.5 Å². The lowest BCUT2D eigenvalue weighted by atomic mass is 10.2. The molecule has 0 spiro atoms. The molecule has 1 unspecified atom stereocenters. The van der Waals surface area contributed by atoms with Gasteiger partial charge in [-0.3, -0.25) is 0 Å². The van der Waals surface area contributed by atoms with Crippen LogP contribution in [0.1, 0.15) is 19.3 Å². The summed E-state index contributed by atoms with van der Waals surface area (Å²) >= 11 is 0. The first kappa shape index (κ1) is 10.9. The number of aliphatic carboxylic acids is 1. The lowest BCUT2D eigenvalue weighted by Gasteiger charge is -2.26. The molecule has 86 valence electrons. The van der Waals surface area contributed by atoms with Crippen LogP contribution < -0.4 is 10.0 Å². The van der Waals surface area contributed by atoms with Crippen LogP contribution in [0.3, 0.4) is 0 Å². The highest BCUT2D eigenvalue weighted by molar-refractivity contribution is 7.91. The van der Waals surface area contributed by atoms with E-state index < -0.39 is 21.8 Å². The Hall–Kier alpha value is -0.620. The molecule has 2 rings (SSSR count). The summed E-state index contributed by atoms with van der Waals surface area (Å²) in [5, 5.41) is 10.8. The van der Waals surface area contributed by atoms with Gasteiger partial charge in [0.2, 0.25) is 0 Å². The van der Waals surface area contributed by atoms with Crippen molar-refractivity contribution >= 4 is 15.8 Å². The Labute approximate surface area is 89.0 Å². The van der Waals surface area contributed by atoms with Crippen molar-refractivity contribution in [2.75, 3.05) is 18.1 Å². The Bertz CT molecular complexity index is 364. The van der Waals surface area contributed by atoms with Crippen molar-refractivity contribution in [2.45, 2.75) is 31.3 Å². The summed E-state index contributed by atoms with van der Waals surface area (Å²) in [6, 6.07) is -0.524. The molecule has 0 amide bonds. The van der Waals surface area contributed by atoms with E-state index in [0.29, 0.717) is 12.8 Å². The molecule has 2 aliphatic heterocycles. The zero-order valence-corrected chi connectivity index (χ0v) is 9.26. The average Bonchev–Trinajstić information content (AvgIpc) is 2.69. The van der Waals surface area contributed by atoms with Gasteiger partial charge in [-0.2, -0.15) is 0 Å². The van der Waals surface area contributed by atoms with Gasteiger partial charge in [-0.25, -0.2) is 8.42 Å². The van der Waals surface area contributed by atoms with E-state index in [4.69, 9.17) is 0 Å². The van der Waals surface area contributed by atoms with Crippen LogP contribution >= 0.6 is 0 Å². The second kappa shape index (κ2) is 3.75. The van der Waals surface area contributed by atoms with E-state index in [0.717, 1.165) is 17.9 Å². The SMILES string of the molecule is O=C([O-])[C@@H]1CCC[NH+]1[C@@H]1CCS(=O)(=O)C1. The van der Waals surface area contributed by atoms with Crippen LogP contribution in [0.4, 0.5) is 0 Å². The predicted molar refractivity (Wildman–Crippen MR) is 50.9 cm³/mol. The molecule has 0 aromatic heterocycles. The Balaban J connectivity index is 2.08. The Morgan fingerprint density at radius 2 is 2.07 bits per heavy atom. The maximum atomic E-state index is 11.3. The van der Waals surface area contributed by atoms with Crippen molar-refractivity contribution in [3.8, 4) is 0 Å². The van der Waals surface area contributed by atoms with Gasteiger partial charge < -0.3 is 14.8 Å². The maximum Gasteiger partial charge on any atom is 0.156 e. The van der Waals surface area contributed by atoms with Gasteiger partial charge in [0, 0.05) is 19.3 Å². The molecule has 2 aliphatic rings. The Kier molecular flexibility index (Phi) is 2.72. The van der Waals surface area contributed by atoms with Crippen molar-refractivity contribution in [1.82, 2.24) is 0 Å². The van der Waals surface area contributed by atoms with E-state index in [9.17, 15) is 18.3 Å². The van der Waals surface area contributed by atoms with Crippen LogP contribution in [0, 0.1) is 0 Å². The molecule has 0 aromatic rings. The summed E-state index contributed by atoms with van der Waals surface area (Å²) in [6.07, 6.45) is 2.07. The number of sulfone groups is 1. The molecular formula is C9H15NO4S. The van der Waals surface area contributed by atoms with Gasteiger partial charge in [0.15, 0.2) is 9.84 Å². The van der Waals surface area contributed by atoms with E-state index in [-0.39, 0.29) is 17.5 Å². The molecule has 2 fully saturated rings. The molecule has 15 heavy (non-hydrogen) atoms. The van der Waals surface area contributed by atoms with E-state index in [2.05, 4.69) is 0 Å². The minimum absolute atomic E-state index is 0.0274. The molecule has 0 aromatic carbocycles. The first-order chi connectivity index (χ1) is 6.99. The second-order valence-corrected chi connectivity index (χ2v) is 6.67. The molecule has 3 atom stereocenters. The zero-order valence-electron chi connectivity index (χ0n) is 8.44. The summed E-state index contributed by atoms with van der Waals surface area (Å²) < 4.78 is 22.6. The number of rotatable bonds is 2. The number of carboxylic acids is 1. The largest absolute Gasteiger partial charge is 0.544 e. The first-order valence-electron chi connectivity index (χ1n) is 5.26. The predicted octanol–water partition coefficient (Wildman–Crippen LogP) is -3.03. The van der Waals surface area contributed by atoms with Crippen molar-refractivity contribution in [3.05, 3.63) is 0 Å².